The fraction of sp³-hybridized carbons (Fsp3) is 0.174. The molecule has 0 bridgehead atoms. The summed E-state index contributed by atoms with van der Waals surface area (Å²) in [5.74, 6) is 0.259. The molecule has 1 heterocycles. The van der Waals surface area contributed by atoms with E-state index in [0.717, 1.165) is 11.1 Å². The summed E-state index contributed by atoms with van der Waals surface area (Å²) in [6, 6.07) is 19.4. The Labute approximate surface area is 154 Å². The first kappa shape index (κ1) is 17.9. The molecule has 26 heavy (non-hydrogen) atoms. The number of hydrogen-bond acceptors (Lipinski definition) is 3. The molecule has 3 rings (SSSR count). The second-order valence-electron chi connectivity index (χ2n) is 6.23. The maximum Gasteiger partial charge on any atom is 0.329 e. The van der Waals surface area contributed by atoms with Crippen LogP contribution < -0.4 is 0 Å². The molecule has 0 saturated heterocycles. The normalized spacial score (nSPS) is 19.6. The summed E-state index contributed by atoms with van der Waals surface area (Å²) in [7, 11) is 0. The molecule has 132 valence electrons. The van der Waals surface area contributed by atoms with E-state index in [1.54, 1.807) is 12.2 Å². The second-order valence-corrected chi connectivity index (χ2v) is 6.23. The van der Waals surface area contributed by atoms with Crippen molar-refractivity contribution in [3.63, 3.8) is 0 Å². The van der Waals surface area contributed by atoms with Gasteiger partial charge in [0.15, 0.2) is 0 Å². The van der Waals surface area contributed by atoms with Crippen molar-refractivity contribution in [3.05, 3.63) is 103 Å². The average molecular weight is 345 g/mol. The number of esters is 1. The molecule has 0 radical (unpaired) electrons. The number of cyclic esters (lactones) is 1. The molecule has 3 heteroatoms. The van der Waals surface area contributed by atoms with E-state index in [1.165, 1.54) is 0 Å². The second kappa shape index (κ2) is 8.45. The van der Waals surface area contributed by atoms with Crippen LogP contribution in [-0.4, -0.2) is 30.0 Å². The highest BCUT2D eigenvalue weighted by Gasteiger charge is 2.38. The summed E-state index contributed by atoms with van der Waals surface area (Å²) < 4.78 is 5.72. The number of rotatable bonds is 7. The zero-order valence-corrected chi connectivity index (χ0v) is 14.8. The lowest BCUT2D eigenvalue weighted by Crippen LogP contribution is -2.47. The van der Waals surface area contributed by atoms with Gasteiger partial charge >= 0.3 is 5.97 Å². The lowest BCUT2D eigenvalue weighted by atomic mass is 9.87. The monoisotopic (exact) mass is 345 g/mol. The van der Waals surface area contributed by atoms with Crippen LogP contribution in [0.2, 0.25) is 0 Å². The number of benzene rings is 2. The van der Waals surface area contributed by atoms with Crippen molar-refractivity contribution in [3.8, 4) is 0 Å². The molecular formula is C23H23NO2. The number of carbonyl (C=O) groups excluding carboxylic acids is 1. The molecule has 0 amide bonds. The van der Waals surface area contributed by atoms with E-state index in [2.05, 4.69) is 31.4 Å². The first-order valence-electron chi connectivity index (χ1n) is 8.74. The number of hydrogen-bond donors (Lipinski definition) is 0. The standard InChI is InChI=1S/C23H23NO2/c1-3-15-24(16-4-2)22-20(18-11-7-5-8-12-18)17-21(26-23(22)25)19-13-9-6-10-14-19/h3-14,17,20,22H,1-2,15-16H2/t20-,22-/m1/s1. The minimum Gasteiger partial charge on any atom is -0.425 e. The van der Waals surface area contributed by atoms with Gasteiger partial charge < -0.3 is 4.74 Å². The predicted molar refractivity (Wildman–Crippen MR) is 105 cm³/mol. The largest absolute Gasteiger partial charge is 0.425 e. The van der Waals surface area contributed by atoms with Crippen molar-refractivity contribution in [1.82, 2.24) is 4.90 Å². The quantitative estimate of drug-likeness (QED) is 0.550. The third kappa shape index (κ3) is 3.84. The highest BCUT2D eigenvalue weighted by atomic mass is 16.5. The zero-order chi connectivity index (χ0) is 18.4. The minimum atomic E-state index is -0.416. The van der Waals surface area contributed by atoms with Crippen LogP contribution in [0.25, 0.3) is 5.76 Å². The Hall–Kier alpha value is -2.91. The highest BCUT2D eigenvalue weighted by molar-refractivity contribution is 5.87. The van der Waals surface area contributed by atoms with Crippen molar-refractivity contribution in [2.45, 2.75) is 12.0 Å². The van der Waals surface area contributed by atoms with Crippen LogP contribution in [0.1, 0.15) is 17.0 Å². The third-order valence-electron chi connectivity index (χ3n) is 4.49. The van der Waals surface area contributed by atoms with Gasteiger partial charge in [-0.3, -0.25) is 4.90 Å². The Morgan fingerprint density at radius 2 is 1.50 bits per heavy atom. The van der Waals surface area contributed by atoms with Crippen molar-refractivity contribution in [2.75, 3.05) is 13.1 Å². The van der Waals surface area contributed by atoms with E-state index in [4.69, 9.17) is 4.74 Å². The Morgan fingerprint density at radius 1 is 0.923 bits per heavy atom. The SMILES string of the molecule is C=CCN(CC=C)[C@H]1C(=O)OC(c2ccccc2)=C[C@@H]1c1ccccc1. The zero-order valence-electron chi connectivity index (χ0n) is 14.8. The first-order valence-corrected chi connectivity index (χ1v) is 8.74. The molecule has 2 aromatic rings. The number of ether oxygens (including phenoxy) is 1. The van der Waals surface area contributed by atoms with Gasteiger partial charge in [-0.2, -0.15) is 0 Å². The molecule has 0 saturated carbocycles. The molecular weight excluding hydrogens is 322 g/mol. The van der Waals surface area contributed by atoms with Gasteiger partial charge in [0.05, 0.1) is 0 Å². The first-order chi connectivity index (χ1) is 12.7. The van der Waals surface area contributed by atoms with Gasteiger partial charge in [-0.1, -0.05) is 72.8 Å². The maximum absolute atomic E-state index is 13.0. The fourth-order valence-electron chi connectivity index (χ4n) is 3.32. The number of carbonyl (C=O) groups is 1. The van der Waals surface area contributed by atoms with E-state index in [-0.39, 0.29) is 11.9 Å². The molecule has 2 atom stereocenters. The van der Waals surface area contributed by atoms with Gasteiger partial charge in [-0.25, -0.2) is 4.79 Å². The summed E-state index contributed by atoms with van der Waals surface area (Å²) in [6.07, 6.45) is 5.65. The molecule has 2 aromatic carbocycles. The van der Waals surface area contributed by atoms with E-state index < -0.39 is 6.04 Å². The van der Waals surface area contributed by atoms with Crippen molar-refractivity contribution >= 4 is 11.7 Å². The molecule has 0 unspecified atom stereocenters. The summed E-state index contributed by atoms with van der Waals surface area (Å²) >= 11 is 0. The molecule has 0 spiro atoms. The van der Waals surface area contributed by atoms with Crippen LogP contribution in [-0.2, 0) is 9.53 Å². The van der Waals surface area contributed by atoms with Gasteiger partial charge in [0.2, 0.25) is 0 Å². The summed E-state index contributed by atoms with van der Waals surface area (Å²) in [4.78, 5) is 15.0. The average Bonchev–Trinajstić information content (AvgIpc) is 2.69. The summed E-state index contributed by atoms with van der Waals surface area (Å²) in [5.41, 5.74) is 1.99. The maximum atomic E-state index is 13.0. The third-order valence-corrected chi connectivity index (χ3v) is 4.49. The van der Waals surface area contributed by atoms with Gasteiger partial charge in [0.1, 0.15) is 11.8 Å². The van der Waals surface area contributed by atoms with Crippen molar-refractivity contribution in [2.24, 2.45) is 0 Å². The Morgan fingerprint density at radius 3 is 2.08 bits per heavy atom. The molecule has 0 aliphatic carbocycles. The van der Waals surface area contributed by atoms with Gasteiger partial charge in [0, 0.05) is 24.6 Å². The topological polar surface area (TPSA) is 29.5 Å². The molecule has 0 N–H and O–H groups in total. The van der Waals surface area contributed by atoms with Crippen LogP contribution in [0, 0.1) is 0 Å². The van der Waals surface area contributed by atoms with Crippen molar-refractivity contribution < 1.29 is 9.53 Å². The molecule has 1 aliphatic heterocycles. The van der Waals surface area contributed by atoms with Crippen LogP contribution in [0.5, 0.6) is 0 Å². The highest BCUT2D eigenvalue weighted by Crippen LogP contribution is 2.35. The predicted octanol–water partition coefficient (Wildman–Crippen LogP) is 4.41. The lowest BCUT2D eigenvalue weighted by molar-refractivity contribution is -0.144. The van der Waals surface area contributed by atoms with Crippen LogP contribution in [0.15, 0.2) is 92.0 Å². The minimum absolute atomic E-state index is 0.104. The van der Waals surface area contributed by atoms with Gasteiger partial charge in [0.25, 0.3) is 0 Å². The molecule has 0 aromatic heterocycles. The Kier molecular flexibility index (Phi) is 5.82. The van der Waals surface area contributed by atoms with Gasteiger partial charge in [-0.05, 0) is 11.6 Å². The van der Waals surface area contributed by atoms with Crippen LogP contribution in [0.4, 0.5) is 0 Å². The molecule has 3 nitrogen and oxygen atoms in total. The Bertz CT molecular complexity index is 785. The fourth-order valence-corrected chi connectivity index (χ4v) is 3.32. The van der Waals surface area contributed by atoms with Crippen LogP contribution in [0.3, 0.4) is 0 Å². The Balaban J connectivity index is 2.06. The molecule has 0 fully saturated rings. The summed E-state index contributed by atoms with van der Waals surface area (Å²) in [5, 5.41) is 0. The summed E-state index contributed by atoms with van der Waals surface area (Å²) in [6.45, 7) is 8.81. The van der Waals surface area contributed by atoms with Gasteiger partial charge in [-0.15, -0.1) is 13.2 Å². The van der Waals surface area contributed by atoms with E-state index in [0.29, 0.717) is 18.8 Å². The number of nitrogens with zero attached hydrogens (tertiary/aromatic N) is 1. The van der Waals surface area contributed by atoms with Crippen molar-refractivity contribution in [1.29, 1.82) is 0 Å². The van der Waals surface area contributed by atoms with E-state index >= 15 is 0 Å². The lowest BCUT2D eigenvalue weighted by Gasteiger charge is -2.36. The van der Waals surface area contributed by atoms with E-state index in [9.17, 15) is 4.79 Å². The smallest absolute Gasteiger partial charge is 0.329 e. The van der Waals surface area contributed by atoms with Crippen LogP contribution >= 0.6 is 0 Å². The molecule has 1 aliphatic rings. The van der Waals surface area contributed by atoms with E-state index in [1.807, 2.05) is 53.4 Å².